The Morgan fingerprint density at radius 1 is 0.968 bits per heavy atom. The van der Waals surface area contributed by atoms with Crippen LogP contribution in [0, 0.1) is 6.92 Å². The number of amides is 1. The van der Waals surface area contributed by atoms with E-state index < -0.39 is 9.84 Å². The van der Waals surface area contributed by atoms with E-state index in [0.717, 1.165) is 19.6 Å². The van der Waals surface area contributed by atoms with Gasteiger partial charge in [0.1, 0.15) is 0 Å². The third-order valence-electron chi connectivity index (χ3n) is 5.54. The van der Waals surface area contributed by atoms with E-state index in [2.05, 4.69) is 36.1 Å². The second kappa shape index (κ2) is 9.08. The van der Waals surface area contributed by atoms with Gasteiger partial charge in [-0.2, -0.15) is 0 Å². The molecule has 0 saturated carbocycles. The van der Waals surface area contributed by atoms with Gasteiger partial charge in [0.25, 0.3) is 5.91 Å². The highest BCUT2D eigenvalue weighted by Gasteiger charge is 2.28. The normalized spacial score (nSPS) is 15.2. The maximum absolute atomic E-state index is 13.0. The summed E-state index contributed by atoms with van der Waals surface area (Å²) in [5.74, 6) is -0.396. The Hall–Kier alpha value is -2.90. The summed E-state index contributed by atoms with van der Waals surface area (Å²) in [7, 11) is -3.56. The van der Waals surface area contributed by atoms with Crippen LogP contribution < -0.4 is 0 Å². The average Bonchev–Trinajstić information content (AvgIpc) is 3.22. The summed E-state index contributed by atoms with van der Waals surface area (Å²) < 4.78 is 30.9. The molecule has 0 spiro atoms. The van der Waals surface area contributed by atoms with Crippen molar-refractivity contribution in [1.29, 1.82) is 0 Å². The van der Waals surface area contributed by atoms with E-state index in [-0.39, 0.29) is 22.3 Å². The zero-order chi connectivity index (χ0) is 21.8. The number of rotatable bonds is 6. The van der Waals surface area contributed by atoms with Crippen molar-refractivity contribution < 1.29 is 17.6 Å². The van der Waals surface area contributed by atoms with Gasteiger partial charge in [0, 0.05) is 38.3 Å². The van der Waals surface area contributed by atoms with Gasteiger partial charge in [0.05, 0.1) is 16.9 Å². The Morgan fingerprint density at radius 3 is 2.42 bits per heavy atom. The van der Waals surface area contributed by atoms with E-state index in [9.17, 15) is 13.2 Å². The van der Waals surface area contributed by atoms with E-state index in [1.54, 1.807) is 41.3 Å². The standard InChI is InChI=1S/C24H26N2O4S/c1-19-6-5-7-20(16-19)17-25-11-13-26(14-12-25)24(27)23-21(10-15-30-23)18-31(28,29)22-8-3-2-4-9-22/h2-10,15-16H,11-14,17-18H2,1H3. The first-order valence-electron chi connectivity index (χ1n) is 10.3. The van der Waals surface area contributed by atoms with Crippen LogP contribution >= 0.6 is 0 Å². The molecule has 3 aromatic rings. The molecule has 1 saturated heterocycles. The smallest absolute Gasteiger partial charge is 0.289 e. The SMILES string of the molecule is Cc1cccc(CN2CCN(C(=O)c3occc3CS(=O)(=O)c3ccccc3)CC2)c1. The van der Waals surface area contributed by atoms with Crippen molar-refractivity contribution in [2.75, 3.05) is 26.2 Å². The lowest BCUT2D eigenvalue weighted by Gasteiger charge is -2.34. The fraction of sp³-hybridized carbons (Fsp3) is 0.292. The number of hydrogen-bond donors (Lipinski definition) is 0. The van der Waals surface area contributed by atoms with Gasteiger partial charge in [-0.15, -0.1) is 0 Å². The molecule has 2 aromatic carbocycles. The first-order chi connectivity index (χ1) is 14.9. The summed E-state index contributed by atoms with van der Waals surface area (Å²) in [6, 6.07) is 18.3. The molecule has 0 unspecified atom stereocenters. The molecule has 4 rings (SSSR count). The minimum absolute atomic E-state index is 0.117. The first-order valence-corrected chi connectivity index (χ1v) is 12.0. The molecule has 1 fully saturated rings. The van der Waals surface area contributed by atoms with E-state index >= 15 is 0 Å². The third kappa shape index (κ3) is 5.06. The lowest BCUT2D eigenvalue weighted by atomic mass is 10.1. The van der Waals surface area contributed by atoms with E-state index in [4.69, 9.17) is 4.42 Å². The van der Waals surface area contributed by atoms with Crippen LogP contribution in [0.3, 0.4) is 0 Å². The molecule has 0 atom stereocenters. The van der Waals surface area contributed by atoms with Crippen molar-refractivity contribution in [2.45, 2.75) is 24.1 Å². The summed E-state index contributed by atoms with van der Waals surface area (Å²) in [4.78, 5) is 17.3. The minimum atomic E-state index is -3.56. The van der Waals surface area contributed by atoms with E-state index in [1.807, 2.05) is 0 Å². The number of benzene rings is 2. The Labute approximate surface area is 183 Å². The van der Waals surface area contributed by atoms with E-state index in [0.29, 0.717) is 18.7 Å². The Bertz CT molecular complexity index is 1150. The van der Waals surface area contributed by atoms with Crippen LogP contribution in [-0.4, -0.2) is 50.3 Å². The second-order valence-electron chi connectivity index (χ2n) is 7.90. The predicted octanol–water partition coefficient (Wildman–Crippen LogP) is 3.52. The highest BCUT2D eigenvalue weighted by molar-refractivity contribution is 7.90. The van der Waals surface area contributed by atoms with Crippen LogP contribution in [0.25, 0.3) is 0 Å². The molecule has 1 aliphatic rings. The minimum Gasteiger partial charge on any atom is -0.459 e. The number of piperazine rings is 1. The summed E-state index contributed by atoms with van der Waals surface area (Å²) in [6.45, 7) is 5.62. The molecule has 0 radical (unpaired) electrons. The van der Waals surface area contributed by atoms with E-state index in [1.165, 1.54) is 17.4 Å². The van der Waals surface area contributed by atoms with Crippen molar-refractivity contribution in [3.05, 3.63) is 89.4 Å². The van der Waals surface area contributed by atoms with Crippen molar-refractivity contribution in [2.24, 2.45) is 0 Å². The van der Waals surface area contributed by atoms with Gasteiger partial charge >= 0.3 is 0 Å². The Kier molecular flexibility index (Phi) is 6.25. The van der Waals surface area contributed by atoms with Gasteiger partial charge in [-0.05, 0) is 30.7 Å². The van der Waals surface area contributed by atoms with Crippen LogP contribution in [-0.2, 0) is 22.1 Å². The molecule has 0 bridgehead atoms. The Balaban J connectivity index is 1.39. The molecule has 31 heavy (non-hydrogen) atoms. The van der Waals surface area contributed by atoms with Gasteiger partial charge in [-0.25, -0.2) is 8.42 Å². The molecule has 0 N–H and O–H groups in total. The lowest BCUT2D eigenvalue weighted by Crippen LogP contribution is -2.48. The highest BCUT2D eigenvalue weighted by Crippen LogP contribution is 2.22. The van der Waals surface area contributed by atoms with Gasteiger partial charge in [-0.3, -0.25) is 9.69 Å². The maximum Gasteiger partial charge on any atom is 0.289 e. The van der Waals surface area contributed by atoms with Gasteiger partial charge < -0.3 is 9.32 Å². The summed E-state index contributed by atoms with van der Waals surface area (Å²) in [6.07, 6.45) is 1.39. The van der Waals surface area contributed by atoms with Crippen molar-refractivity contribution in [3.8, 4) is 0 Å². The molecular formula is C24H26N2O4S. The maximum atomic E-state index is 13.0. The van der Waals surface area contributed by atoms with Crippen LogP contribution in [0.4, 0.5) is 0 Å². The molecule has 0 aliphatic carbocycles. The molecule has 1 amide bonds. The molecular weight excluding hydrogens is 412 g/mol. The van der Waals surface area contributed by atoms with Gasteiger partial charge in [0.15, 0.2) is 15.6 Å². The van der Waals surface area contributed by atoms with Crippen LogP contribution in [0.15, 0.2) is 76.2 Å². The summed E-state index contributed by atoms with van der Waals surface area (Å²) in [5.41, 5.74) is 2.90. The molecule has 162 valence electrons. The van der Waals surface area contributed by atoms with Gasteiger partial charge in [0.2, 0.25) is 0 Å². The molecule has 2 heterocycles. The highest BCUT2D eigenvalue weighted by atomic mass is 32.2. The monoisotopic (exact) mass is 438 g/mol. The summed E-state index contributed by atoms with van der Waals surface area (Å²) in [5, 5.41) is 0. The van der Waals surface area contributed by atoms with Crippen LogP contribution in [0.1, 0.15) is 27.2 Å². The number of hydrogen-bond acceptors (Lipinski definition) is 5. The number of carbonyl (C=O) groups is 1. The van der Waals surface area contributed by atoms with Crippen molar-refractivity contribution in [3.63, 3.8) is 0 Å². The first kappa shape index (κ1) is 21.3. The molecule has 7 heteroatoms. The fourth-order valence-corrected chi connectivity index (χ4v) is 5.25. The second-order valence-corrected chi connectivity index (χ2v) is 9.89. The predicted molar refractivity (Wildman–Crippen MR) is 118 cm³/mol. The third-order valence-corrected chi connectivity index (χ3v) is 7.22. The zero-order valence-electron chi connectivity index (χ0n) is 17.5. The fourth-order valence-electron chi connectivity index (χ4n) is 3.87. The Morgan fingerprint density at radius 2 is 1.71 bits per heavy atom. The number of furan rings is 1. The quantitative estimate of drug-likeness (QED) is 0.589. The number of nitrogens with zero attached hydrogens (tertiary/aromatic N) is 2. The number of sulfone groups is 1. The van der Waals surface area contributed by atoms with Crippen molar-refractivity contribution in [1.82, 2.24) is 9.80 Å². The number of aryl methyl sites for hydroxylation is 1. The molecule has 1 aliphatic heterocycles. The van der Waals surface area contributed by atoms with Gasteiger partial charge in [-0.1, -0.05) is 48.0 Å². The topological polar surface area (TPSA) is 70.8 Å². The average molecular weight is 439 g/mol. The number of carbonyl (C=O) groups excluding carboxylic acids is 1. The van der Waals surface area contributed by atoms with Crippen LogP contribution in [0.2, 0.25) is 0 Å². The van der Waals surface area contributed by atoms with Crippen molar-refractivity contribution >= 4 is 15.7 Å². The largest absolute Gasteiger partial charge is 0.459 e. The molecule has 1 aromatic heterocycles. The summed E-state index contributed by atoms with van der Waals surface area (Å²) >= 11 is 0. The molecule has 6 nitrogen and oxygen atoms in total. The van der Waals surface area contributed by atoms with Crippen LogP contribution in [0.5, 0.6) is 0 Å². The lowest BCUT2D eigenvalue weighted by molar-refractivity contribution is 0.0596. The zero-order valence-corrected chi connectivity index (χ0v) is 18.3.